The zero-order chi connectivity index (χ0) is 28.6. The molecule has 0 heterocycles. The fourth-order valence-corrected chi connectivity index (χ4v) is 5.67. The van der Waals surface area contributed by atoms with Crippen molar-refractivity contribution in [3.8, 4) is 0 Å². The van der Waals surface area contributed by atoms with Gasteiger partial charge in [0.05, 0.1) is 11.9 Å². The number of amides is 2. The van der Waals surface area contributed by atoms with Crippen molar-refractivity contribution in [2.24, 2.45) is 5.92 Å². The molecule has 0 bridgehead atoms. The van der Waals surface area contributed by atoms with E-state index in [1.54, 1.807) is 24.3 Å². The van der Waals surface area contributed by atoms with E-state index in [4.69, 9.17) is 0 Å². The minimum atomic E-state index is -3.82. The summed E-state index contributed by atoms with van der Waals surface area (Å²) in [6.45, 7) is 6.13. The third-order valence-electron chi connectivity index (χ3n) is 6.36. The lowest BCUT2D eigenvalue weighted by Crippen LogP contribution is -2.53. The molecule has 0 aliphatic heterocycles. The molecular weight excluding hydrogens is 578 g/mol. The number of carbonyl (C=O) groups excluding carboxylic acids is 2. The predicted octanol–water partition coefficient (Wildman–Crippen LogP) is 4.94. The second-order valence-electron chi connectivity index (χ2n) is 10.0. The van der Waals surface area contributed by atoms with Gasteiger partial charge in [0.25, 0.3) is 0 Å². The fourth-order valence-electron chi connectivity index (χ4n) is 4.20. The van der Waals surface area contributed by atoms with Crippen molar-refractivity contribution in [1.82, 2.24) is 10.2 Å². The first-order valence-electron chi connectivity index (χ1n) is 12.8. The van der Waals surface area contributed by atoms with Gasteiger partial charge in [-0.3, -0.25) is 13.9 Å². The minimum absolute atomic E-state index is 0.158. The second kappa shape index (κ2) is 13.8. The number of nitrogens with one attached hydrogen (secondary N) is 1. The van der Waals surface area contributed by atoms with E-state index >= 15 is 0 Å². The smallest absolute Gasteiger partial charge is 0.244 e. The summed E-state index contributed by atoms with van der Waals surface area (Å²) in [7, 11) is -3.82. The first-order valence-corrected chi connectivity index (χ1v) is 15.5. The molecule has 0 spiro atoms. The van der Waals surface area contributed by atoms with Gasteiger partial charge in [-0.05, 0) is 57.6 Å². The van der Waals surface area contributed by atoms with Gasteiger partial charge in [0.1, 0.15) is 12.6 Å². The SMILES string of the molecule is Cc1ccccc1CN(C(=O)CN(c1ccccc1Br)S(C)(=O)=O)C(Cc1ccccc1)C(=O)NCC(C)C. The highest BCUT2D eigenvalue weighted by Gasteiger charge is 2.33. The Morgan fingerprint density at radius 2 is 1.54 bits per heavy atom. The Labute approximate surface area is 240 Å². The van der Waals surface area contributed by atoms with Crippen LogP contribution in [-0.2, 0) is 32.6 Å². The molecule has 0 radical (unpaired) electrons. The van der Waals surface area contributed by atoms with Crippen molar-refractivity contribution in [2.75, 3.05) is 23.7 Å². The van der Waals surface area contributed by atoms with Gasteiger partial charge < -0.3 is 10.2 Å². The molecule has 1 N–H and O–H groups in total. The van der Waals surface area contributed by atoms with Crippen LogP contribution < -0.4 is 9.62 Å². The van der Waals surface area contributed by atoms with Gasteiger partial charge in [-0.25, -0.2) is 8.42 Å². The summed E-state index contributed by atoms with van der Waals surface area (Å²) in [6.07, 6.45) is 1.36. The Kier molecular flexibility index (Phi) is 10.7. The maximum atomic E-state index is 14.1. The molecule has 0 aliphatic carbocycles. The number of sulfonamides is 1. The average Bonchev–Trinajstić information content (AvgIpc) is 2.89. The van der Waals surface area contributed by atoms with Crippen molar-refractivity contribution in [1.29, 1.82) is 0 Å². The van der Waals surface area contributed by atoms with Crippen LogP contribution in [0.1, 0.15) is 30.5 Å². The summed E-state index contributed by atoms with van der Waals surface area (Å²) in [6, 6.07) is 23.2. The van der Waals surface area contributed by atoms with Gasteiger partial charge in [-0.2, -0.15) is 0 Å². The van der Waals surface area contributed by atoms with Gasteiger partial charge in [-0.15, -0.1) is 0 Å². The summed E-state index contributed by atoms with van der Waals surface area (Å²) in [5.74, 6) is -0.524. The van der Waals surface area contributed by atoms with Crippen LogP contribution in [-0.4, -0.2) is 50.5 Å². The van der Waals surface area contributed by atoms with E-state index in [0.717, 1.165) is 27.3 Å². The lowest BCUT2D eigenvalue weighted by molar-refractivity contribution is -0.140. The summed E-state index contributed by atoms with van der Waals surface area (Å²) >= 11 is 3.41. The van der Waals surface area contributed by atoms with Crippen molar-refractivity contribution >= 4 is 43.5 Å². The lowest BCUT2D eigenvalue weighted by atomic mass is 10.0. The number of anilines is 1. The van der Waals surface area contributed by atoms with Gasteiger partial charge in [-0.1, -0.05) is 80.6 Å². The number of aryl methyl sites for hydroxylation is 1. The van der Waals surface area contributed by atoms with Gasteiger partial charge in [0.15, 0.2) is 0 Å². The van der Waals surface area contributed by atoms with Gasteiger partial charge >= 0.3 is 0 Å². The predicted molar refractivity (Wildman–Crippen MR) is 160 cm³/mol. The number of rotatable bonds is 12. The van der Waals surface area contributed by atoms with E-state index in [2.05, 4.69) is 21.2 Å². The van der Waals surface area contributed by atoms with E-state index in [1.807, 2.05) is 75.4 Å². The van der Waals surface area contributed by atoms with Crippen LogP contribution in [0.4, 0.5) is 5.69 Å². The molecule has 9 heteroatoms. The third kappa shape index (κ3) is 8.66. The van der Waals surface area contributed by atoms with Crippen molar-refractivity contribution in [3.63, 3.8) is 0 Å². The molecule has 7 nitrogen and oxygen atoms in total. The minimum Gasteiger partial charge on any atom is -0.354 e. The molecule has 3 aromatic carbocycles. The number of para-hydroxylation sites is 1. The number of hydrogen-bond acceptors (Lipinski definition) is 4. The van der Waals surface area contributed by atoms with Crippen molar-refractivity contribution < 1.29 is 18.0 Å². The fraction of sp³-hybridized carbons (Fsp3) is 0.333. The molecule has 0 aliphatic rings. The topological polar surface area (TPSA) is 86.8 Å². The number of hydrogen-bond donors (Lipinski definition) is 1. The second-order valence-corrected chi connectivity index (χ2v) is 12.8. The first-order chi connectivity index (χ1) is 18.5. The van der Waals surface area contributed by atoms with Crippen LogP contribution in [0.25, 0.3) is 0 Å². The van der Waals surface area contributed by atoms with Crippen LogP contribution in [0, 0.1) is 12.8 Å². The Bertz CT molecular complexity index is 1380. The summed E-state index contributed by atoms with van der Waals surface area (Å²) in [5.41, 5.74) is 3.11. The van der Waals surface area contributed by atoms with Crippen LogP contribution >= 0.6 is 15.9 Å². The zero-order valence-electron chi connectivity index (χ0n) is 22.8. The lowest BCUT2D eigenvalue weighted by Gasteiger charge is -2.34. The monoisotopic (exact) mass is 613 g/mol. The van der Waals surface area contributed by atoms with E-state index in [0.29, 0.717) is 16.7 Å². The normalized spacial score (nSPS) is 12.2. The molecule has 3 aromatic rings. The van der Waals surface area contributed by atoms with Crippen LogP contribution in [0.5, 0.6) is 0 Å². The molecule has 0 saturated carbocycles. The zero-order valence-corrected chi connectivity index (χ0v) is 25.2. The Morgan fingerprint density at radius 3 is 2.15 bits per heavy atom. The molecule has 39 heavy (non-hydrogen) atoms. The Hall–Kier alpha value is -3.17. The maximum Gasteiger partial charge on any atom is 0.244 e. The molecule has 0 fully saturated rings. The number of halogens is 1. The van der Waals surface area contributed by atoms with Crippen LogP contribution in [0.2, 0.25) is 0 Å². The van der Waals surface area contributed by atoms with E-state index in [1.165, 1.54) is 4.90 Å². The third-order valence-corrected chi connectivity index (χ3v) is 8.15. The standard InChI is InChI=1S/C30H36BrN3O4S/c1-22(2)19-32-30(36)28(18-24-13-6-5-7-14-24)33(20-25-15-9-8-12-23(25)3)29(35)21-34(39(4,37)38)27-17-11-10-16-26(27)31/h5-17,22,28H,18-21H2,1-4H3,(H,32,36). The highest BCUT2D eigenvalue weighted by Crippen LogP contribution is 2.28. The van der Waals surface area contributed by atoms with Gasteiger partial charge in [0, 0.05) is 24.0 Å². The summed E-state index contributed by atoms with van der Waals surface area (Å²) in [5, 5.41) is 2.99. The maximum absolute atomic E-state index is 14.1. The van der Waals surface area contributed by atoms with E-state index in [9.17, 15) is 18.0 Å². The molecule has 0 saturated heterocycles. The average molecular weight is 615 g/mol. The number of carbonyl (C=O) groups is 2. The molecule has 1 unspecified atom stereocenters. The molecule has 0 aromatic heterocycles. The van der Waals surface area contributed by atoms with Gasteiger partial charge in [0.2, 0.25) is 21.8 Å². The van der Waals surface area contributed by atoms with Crippen molar-refractivity contribution in [3.05, 3.63) is 100 Å². The number of nitrogens with zero attached hydrogens (tertiary/aromatic N) is 2. The highest BCUT2D eigenvalue weighted by molar-refractivity contribution is 9.10. The quantitative estimate of drug-likeness (QED) is 0.314. The summed E-state index contributed by atoms with van der Waals surface area (Å²) in [4.78, 5) is 29.2. The molecule has 1 atom stereocenters. The summed E-state index contributed by atoms with van der Waals surface area (Å²) < 4.78 is 27.4. The first kappa shape index (κ1) is 30.4. The van der Waals surface area contributed by atoms with Crippen LogP contribution in [0.3, 0.4) is 0 Å². The Morgan fingerprint density at radius 1 is 0.923 bits per heavy atom. The van der Waals surface area contributed by atoms with Crippen LogP contribution in [0.15, 0.2) is 83.3 Å². The van der Waals surface area contributed by atoms with Crippen molar-refractivity contribution in [2.45, 2.75) is 39.8 Å². The Balaban J connectivity index is 2.06. The van der Waals surface area contributed by atoms with E-state index < -0.39 is 28.5 Å². The molecule has 3 rings (SSSR count). The molecule has 208 valence electrons. The van der Waals surface area contributed by atoms with E-state index in [-0.39, 0.29) is 24.8 Å². The molecule has 2 amide bonds. The number of benzene rings is 3. The molecular formula is C30H36BrN3O4S. The largest absolute Gasteiger partial charge is 0.354 e. The highest BCUT2D eigenvalue weighted by atomic mass is 79.9.